The van der Waals surface area contributed by atoms with Crippen molar-refractivity contribution in [3.63, 3.8) is 0 Å². The zero-order valence-corrected chi connectivity index (χ0v) is 12.0. The minimum absolute atomic E-state index is 0.0716. The van der Waals surface area contributed by atoms with Crippen molar-refractivity contribution < 1.29 is 23.5 Å². The summed E-state index contributed by atoms with van der Waals surface area (Å²) in [6.45, 7) is 2.16. The SMILES string of the molecule is CCNC(=O)COC(=O)c1oc2ccccc2c1COC. The molecule has 2 rings (SSSR count). The molecule has 0 bridgehead atoms. The van der Waals surface area contributed by atoms with Crippen LogP contribution in [0, 0.1) is 0 Å². The lowest BCUT2D eigenvalue weighted by Gasteiger charge is -2.04. The molecule has 0 saturated heterocycles. The van der Waals surface area contributed by atoms with Gasteiger partial charge in [-0.1, -0.05) is 18.2 Å². The van der Waals surface area contributed by atoms with Crippen molar-refractivity contribution in [1.82, 2.24) is 5.32 Å². The summed E-state index contributed by atoms with van der Waals surface area (Å²) in [7, 11) is 1.53. The van der Waals surface area contributed by atoms with Crippen LogP contribution < -0.4 is 5.32 Å². The monoisotopic (exact) mass is 291 g/mol. The summed E-state index contributed by atoms with van der Waals surface area (Å²) in [6.07, 6.45) is 0. The van der Waals surface area contributed by atoms with Crippen LogP contribution in [-0.2, 0) is 20.9 Å². The summed E-state index contributed by atoms with van der Waals surface area (Å²) in [5, 5.41) is 3.34. The summed E-state index contributed by atoms with van der Waals surface area (Å²) in [4.78, 5) is 23.4. The number of para-hydroxylation sites is 1. The van der Waals surface area contributed by atoms with Crippen molar-refractivity contribution in [3.05, 3.63) is 35.6 Å². The number of amides is 1. The molecular formula is C15H17NO5. The molecule has 21 heavy (non-hydrogen) atoms. The van der Waals surface area contributed by atoms with Gasteiger partial charge in [0, 0.05) is 24.6 Å². The fourth-order valence-electron chi connectivity index (χ4n) is 2.00. The Bertz CT molecular complexity index is 647. The molecule has 0 atom stereocenters. The third-order valence-corrected chi connectivity index (χ3v) is 2.88. The molecule has 0 aliphatic rings. The Hall–Kier alpha value is -2.34. The summed E-state index contributed by atoms with van der Waals surface area (Å²) < 4.78 is 15.6. The molecule has 112 valence electrons. The van der Waals surface area contributed by atoms with Gasteiger partial charge in [0.25, 0.3) is 5.91 Å². The first kappa shape index (κ1) is 15.1. The number of esters is 1. The highest BCUT2D eigenvalue weighted by Gasteiger charge is 2.22. The van der Waals surface area contributed by atoms with Gasteiger partial charge in [0.15, 0.2) is 6.61 Å². The van der Waals surface area contributed by atoms with E-state index in [0.29, 0.717) is 17.7 Å². The van der Waals surface area contributed by atoms with Gasteiger partial charge >= 0.3 is 5.97 Å². The molecule has 0 spiro atoms. The molecule has 0 fully saturated rings. The van der Waals surface area contributed by atoms with Crippen LogP contribution in [0.3, 0.4) is 0 Å². The maximum atomic E-state index is 12.1. The van der Waals surface area contributed by atoms with Crippen LogP contribution >= 0.6 is 0 Å². The zero-order chi connectivity index (χ0) is 15.2. The van der Waals surface area contributed by atoms with E-state index in [1.165, 1.54) is 7.11 Å². The van der Waals surface area contributed by atoms with Crippen LogP contribution in [0.4, 0.5) is 0 Å². The van der Waals surface area contributed by atoms with E-state index in [1.807, 2.05) is 18.2 Å². The van der Waals surface area contributed by atoms with Gasteiger partial charge in [-0.15, -0.1) is 0 Å². The number of ether oxygens (including phenoxy) is 2. The van der Waals surface area contributed by atoms with E-state index >= 15 is 0 Å². The number of likely N-dealkylation sites (N-methyl/N-ethyl adjacent to an activating group) is 1. The van der Waals surface area contributed by atoms with Crippen LogP contribution in [-0.4, -0.2) is 32.1 Å². The lowest BCUT2D eigenvalue weighted by Crippen LogP contribution is -2.28. The first-order chi connectivity index (χ1) is 10.2. The molecular weight excluding hydrogens is 274 g/mol. The number of carbonyl (C=O) groups excluding carboxylic acids is 2. The Morgan fingerprint density at radius 1 is 1.29 bits per heavy atom. The van der Waals surface area contributed by atoms with E-state index in [1.54, 1.807) is 13.0 Å². The van der Waals surface area contributed by atoms with Crippen LogP contribution in [0.1, 0.15) is 23.0 Å². The van der Waals surface area contributed by atoms with Gasteiger partial charge in [0.2, 0.25) is 5.76 Å². The number of hydrogen-bond acceptors (Lipinski definition) is 5. The molecule has 1 amide bonds. The summed E-state index contributed by atoms with van der Waals surface area (Å²) in [5.74, 6) is -0.956. The quantitative estimate of drug-likeness (QED) is 0.822. The smallest absolute Gasteiger partial charge is 0.375 e. The predicted octanol–water partition coefficient (Wildman–Crippen LogP) is 1.87. The molecule has 0 aliphatic carbocycles. The van der Waals surface area contributed by atoms with Gasteiger partial charge in [-0.05, 0) is 13.0 Å². The van der Waals surface area contributed by atoms with Gasteiger partial charge in [-0.3, -0.25) is 4.79 Å². The second-order valence-electron chi connectivity index (χ2n) is 4.37. The normalized spacial score (nSPS) is 10.6. The molecule has 0 saturated carbocycles. The highest BCUT2D eigenvalue weighted by molar-refractivity contribution is 5.96. The van der Waals surface area contributed by atoms with Crippen molar-refractivity contribution in [1.29, 1.82) is 0 Å². The molecule has 1 aromatic carbocycles. The van der Waals surface area contributed by atoms with Crippen LogP contribution in [0.2, 0.25) is 0 Å². The lowest BCUT2D eigenvalue weighted by molar-refractivity contribution is -0.124. The highest BCUT2D eigenvalue weighted by Crippen LogP contribution is 2.27. The second-order valence-corrected chi connectivity index (χ2v) is 4.37. The molecule has 2 aromatic rings. The Morgan fingerprint density at radius 3 is 2.76 bits per heavy atom. The van der Waals surface area contributed by atoms with Gasteiger partial charge in [0.1, 0.15) is 5.58 Å². The van der Waals surface area contributed by atoms with E-state index in [-0.39, 0.29) is 24.9 Å². The van der Waals surface area contributed by atoms with E-state index in [2.05, 4.69) is 5.32 Å². The maximum absolute atomic E-state index is 12.1. The van der Waals surface area contributed by atoms with Crippen LogP contribution in [0.5, 0.6) is 0 Å². The van der Waals surface area contributed by atoms with E-state index in [4.69, 9.17) is 13.9 Å². The van der Waals surface area contributed by atoms with Crippen LogP contribution in [0.25, 0.3) is 11.0 Å². The minimum Gasteiger partial charge on any atom is -0.450 e. The number of furan rings is 1. The van der Waals surface area contributed by atoms with Crippen molar-refractivity contribution >= 4 is 22.8 Å². The summed E-state index contributed by atoms with van der Waals surface area (Å²) in [6, 6.07) is 7.26. The van der Waals surface area contributed by atoms with Crippen molar-refractivity contribution in [3.8, 4) is 0 Å². The number of fused-ring (bicyclic) bond motifs is 1. The van der Waals surface area contributed by atoms with Crippen molar-refractivity contribution in [2.75, 3.05) is 20.3 Å². The lowest BCUT2D eigenvalue weighted by atomic mass is 10.1. The van der Waals surface area contributed by atoms with Crippen molar-refractivity contribution in [2.45, 2.75) is 13.5 Å². The number of hydrogen-bond donors (Lipinski definition) is 1. The standard InChI is InChI=1S/C15H17NO5/c1-3-16-13(17)9-20-15(18)14-11(8-19-2)10-6-4-5-7-12(10)21-14/h4-7H,3,8-9H2,1-2H3,(H,16,17). The Kier molecular flexibility index (Phi) is 4.94. The Morgan fingerprint density at radius 2 is 2.05 bits per heavy atom. The molecule has 0 aliphatic heterocycles. The highest BCUT2D eigenvalue weighted by atomic mass is 16.5. The predicted molar refractivity (Wildman–Crippen MR) is 75.9 cm³/mol. The van der Waals surface area contributed by atoms with Gasteiger partial charge in [-0.2, -0.15) is 0 Å². The minimum atomic E-state index is -0.676. The van der Waals surface area contributed by atoms with Crippen LogP contribution in [0.15, 0.2) is 28.7 Å². The average molecular weight is 291 g/mol. The third kappa shape index (κ3) is 3.41. The fourth-order valence-corrected chi connectivity index (χ4v) is 2.00. The molecule has 1 N–H and O–H groups in total. The topological polar surface area (TPSA) is 77.8 Å². The molecule has 6 heteroatoms. The molecule has 0 unspecified atom stereocenters. The number of rotatable bonds is 6. The van der Waals surface area contributed by atoms with E-state index in [0.717, 1.165) is 5.39 Å². The number of carbonyl (C=O) groups is 2. The Labute approximate surface area is 122 Å². The number of methoxy groups -OCH3 is 1. The Balaban J connectivity index is 2.21. The fraction of sp³-hybridized carbons (Fsp3) is 0.333. The second kappa shape index (κ2) is 6.90. The van der Waals surface area contributed by atoms with Gasteiger partial charge < -0.3 is 19.2 Å². The van der Waals surface area contributed by atoms with E-state index in [9.17, 15) is 9.59 Å². The maximum Gasteiger partial charge on any atom is 0.375 e. The zero-order valence-electron chi connectivity index (χ0n) is 12.0. The summed E-state index contributed by atoms with van der Waals surface area (Å²) in [5.41, 5.74) is 1.20. The molecule has 6 nitrogen and oxygen atoms in total. The van der Waals surface area contributed by atoms with Gasteiger partial charge in [-0.25, -0.2) is 4.79 Å². The first-order valence-corrected chi connectivity index (χ1v) is 6.60. The summed E-state index contributed by atoms with van der Waals surface area (Å²) >= 11 is 0. The first-order valence-electron chi connectivity index (χ1n) is 6.60. The molecule has 0 radical (unpaired) electrons. The third-order valence-electron chi connectivity index (χ3n) is 2.88. The van der Waals surface area contributed by atoms with Gasteiger partial charge in [0.05, 0.1) is 6.61 Å². The van der Waals surface area contributed by atoms with E-state index < -0.39 is 5.97 Å². The molecule has 1 aromatic heterocycles. The largest absolute Gasteiger partial charge is 0.450 e. The van der Waals surface area contributed by atoms with Crippen molar-refractivity contribution in [2.24, 2.45) is 0 Å². The average Bonchev–Trinajstić information content (AvgIpc) is 2.85. The number of benzene rings is 1. The molecule has 1 heterocycles. The number of nitrogens with one attached hydrogen (secondary N) is 1.